The third-order valence-electron chi connectivity index (χ3n) is 2.56. The lowest BCUT2D eigenvalue weighted by atomic mass is 10.1. The van der Waals surface area contributed by atoms with Gasteiger partial charge in [-0.15, -0.1) is 0 Å². The van der Waals surface area contributed by atoms with Crippen LogP contribution in [0.3, 0.4) is 0 Å². The van der Waals surface area contributed by atoms with Gasteiger partial charge in [-0.2, -0.15) is 0 Å². The molecule has 2 rings (SSSR count). The Morgan fingerprint density at radius 2 is 2.38 bits per heavy atom. The Morgan fingerprint density at radius 1 is 1.56 bits per heavy atom. The van der Waals surface area contributed by atoms with Crippen molar-refractivity contribution in [2.24, 2.45) is 0 Å². The number of rotatable bonds is 2. The number of hydrogen-bond acceptors (Lipinski definition) is 3. The van der Waals surface area contributed by atoms with E-state index in [2.05, 4.69) is 4.98 Å². The second-order valence-electron chi connectivity index (χ2n) is 3.57. The Kier molecular flexibility index (Phi) is 2.87. The molecule has 1 aromatic heterocycles. The summed E-state index contributed by atoms with van der Waals surface area (Å²) < 4.78 is 0. The van der Waals surface area contributed by atoms with Crippen molar-refractivity contribution in [3.8, 4) is 0 Å². The molecule has 5 nitrogen and oxygen atoms in total. The molecule has 0 aliphatic carbocycles. The van der Waals surface area contributed by atoms with Crippen molar-refractivity contribution in [2.45, 2.75) is 6.04 Å². The molecule has 2 heterocycles. The minimum atomic E-state index is -1.03. The van der Waals surface area contributed by atoms with Gasteiger partial charge < -0.3 is 10.2 Å². The largest absolute Gasteiger partial charge is 0.465 e. The minimum absolute atomic E-state index is 0.206. The molecule has 0 saturated carbocycles. The fraction of sp³-hybridized carbons (Fsp3) is 0.273. The summed E-state index contributed by atoms with van der Waals surface area (Å²) in [4.78, 5) is 16.3. The number of pyridine rings is 1. The van der Waals surface area contributed by atoms with Gasteiger partial charge in [0.1, 0.15) is 0 Å². The van der Waals surface area contributed by atoms with Crippen LogP contribution in [-0.2, 0) is 0 Å². The maximum absolute atomic E-state index is 10.9. The summed E-state index contributed by atoms with van der Waals surface area (Å²) in [6, 6.07) is 5.01. The smallest absolute Gasteiger partial charge is 0.408 e. The van der Waals surface area contributed by atoms with Gasteiger partial charge in [0.25, 0.3) is 0 Å². The van der Waals surface area contributed by atoms with E-state index in [9.17, 15) is 4.79 Å². The lowest BCUT2D eigenvalue weighted by Crippen LogP contribution is -2.37. The van der Waals surface area contributed by atoms with Crippen molar-refractivity contribution in [3.63, 3.8) is 0 Å². The van der Waals surface area contributed by atoms with Crippen molar-refractivity contribution >= 4 is 11.7 Å². The van der Waals surface area contributed by atoms with E-state index in [4.69, 9.17) is 10.2 Å². The number of nitrogens with zero attached hydrogens (tertiary/aromatic N) is 2. The molecular formula is C11H12N2O3. The van der Waals surface area contributed by atoms with Crippen molar-refractivity contribution in [3.05, 3.63) is 36.2 Å². The molecule has 1 aliphatic rings. The quantitative estimate of drug-likeness (QED) is 0.773. The van der Waals surface area contributed by atoms with Crippen molar-refractivity contribution in [2.75, 3.05) is 13.2 Å². The summed E-state index contributed by atoms with van der Waals surface area (Å²) in [5.74, 6) is 0. The molecule has 84 valence electrons. The van der Waals surface area contributed by atoms with Crippen LogP contribution in [0.1, 0.15) is 5.69 Å². The molecule has 0 spiro atoms. The zero-order chi connectivity index (χ0) is 11.5. The van der Waals surface area contributed by atoms with Crippen LogP contribution in [0.15, 0.2) is 30.5 Å². The van der Waals surface area contributed by atoms with Gasteiger partial charge in [-0.3, -0.25) is 9.88 Å². The van der Waals surface area contributed by atoms with Crippen LogP contribution >= 0.6 is 0 Å². The Balaban J connectivity index is 2.23. The molecule has 0 bridgehead atoms. The lowest BCUT2D eigenvalue weighted by Gasteiger charge is -2.18. The molecule has 0 fully saturated rings. The molecular weight excluding hydrogens is 208 g/mol. The number of amides is 1. The number of aromatic nitrogens is 1. The molecule has 1 amide bonds. The average molecular weight is 220 g/mol. The van der Waals surface area contributed by atoms with Crippen LogP contribution in [0.25, 0.3) is 5.57 Å². The van der Waals surface area contributed by atoms with E-state index in [1.165, 1.54) is 4.90 Å². The average Bonchev–Trinajstić information content (AvgIpc) is 2.74. The van der Waals surface area contributed by atoms with E-state index in [1.807, 2.05) is 12.1 Å². The Labute approximate surface area is 92.7 Å². The number of carboxylic acid groups (broad SMARTS) is 1. The predicted octanol–water partition coefficient (Wildman–Crippen LogP) is 0.819. The standard InChI is InChI=1S/C11H12N2O3/c14-7-9-5-8(6-13(9)11(15)16)10-3-1-2-4-12-10/h1-5,9,14H,6-7H2,(H,15,16). The van der Waals surface area contributed by atoms with E-state index in [0.29, 0.717) is 0 Å². The van der Waals surface area contributed by atoms with E-state index in [-0.39, 0.29) is 13.2 Å². The van der Waals surface area contributed by atoms with Crippen LogP contribution in [-0.4, -0.2) is 45.4 Å². The first-order chi connectivity index (χ1) is 7.72. The van der Waals surface area contributed by atoms with E-state index in [0.717, 1.165) is 11.3 Å². The summed E-state index contributed by atoms with van der Waals surface area (Å²) in [5.41, 5.74) is 1.59. The first-order valence-corrected chi connectivity index (χ1v) is 4.95. The molecule has 0 radical (unpaired) electrons. The van der Waals surface area contributed by atoms with Crippen LogP contribution in [0.5, 0.6) is 0 Å². The summed E-state index contributed by atoms with van der Waals surface area (Å²) >= 11 is 0. The van der Waals surface area contributed by atoms with Crippen molar-refractivity contribution < 1.29 is 15.0 Å². The highest BCUT2D eigenvalue weighted by molar-refractivity contribution is 5.76. The second kappa shape index (κ2) is 4.32. The van der Waals surface area contributed by atoms with Gasteiger partial charge in [0.15, 0.2) is 0 Å². The van der Waals surface area contributed by atoms with Gasteiger partial charge in [-0.1, -0.05) is 12.1 Å². The normalized spacial score (nSPS) is 19.7. The number of aliphatic hydroxyl groups is 1. The molecule has 0 aromatic carbocycles. The van der Waals surface area contributed by atoms with Gasteiger partial charge in [0.05, 0.1) is 24.9 Å². The number of carbonyl (C=O) groups is 1. The molecule has 1 atom stereocenters. The monoisotopic (exact) mass is 220 g/mol. The predicted molar refractivity (Wildman–Crippen MR) is 57.8 cm³/mol. The molecule has 2 N–H and O–H groups in total. The first kappa shape index (κ1) is 10.6. The molecule has 1 aliphatic heterocycles. The fourth-order valence-corrected chi connectivity index (χ4v) is 1.76. The molecule has 1 unspecified atom stereocenters. The summed E-state index contributed by atoms with van der Waals surface area (Å²) in [5, 5.41) is 18.0. The van der Waals surface area contributed by atoms with E-state index in [1.54, 1.807) is 18.3 Å². The highest BCUT2D eigenvalue weighted by atomic mass is 16.4. The number of hydrogen-bond donors (Lipinski definition) is 2. The molecule has 5 heteroatoms. The maximum atomic E-state index is 10.9. The Hall–Kier alpha value is -1.88. The second-order valence-corrected chi connectivity index (χ2v) is 3.57. The molecule has 16 heavy (non-hydrogen) atoms. The Morgan fingerprint density at radius 3 is 2.88 bits per heavy atom. The zero-order valence-electron chi connectivity index (χ0n) is 8.58. The van der Waals surface area contributed by atoms with Gasteiger partial charge >= 0.3 is 6.09 Å². The summed E-state index contributed by atoms with van der Waals surface area (Å²) in [6.45, 7) is 0.0696. The van der Waals surface area contributed by atoms with Crippen LogP contribution in [0, 0.1) is 0 Å². The fourth-order valence-electron chi connectivity index (χ4n) is 1.76. The van der Waals surface area contributed by atoms with Crippen molar-refractivity contribution in [1.82, 2.24) is 9.88 Å². The topological polar surface area (TPSA) is 73.7 Å². The van der Waals surface area contributed by atoms with E-state index >= 15 is 0 Å². The maximum Gasteiger partial charge on any atom is 0.408 e. The van der Waals surface area contributed by atoms with Crippen LogP contribution in [0.4, 0.5) is 4.79 Å². The zero-order valence-corrected chi connectivity index (χ0v) is 8.58. The third-order valence-corrected chi connectivity index (χ3v) is 2.56. The highest BCUT2D eigenvalue weighted by Gasteiger charge is 2.28. The minimum Gasteiger partial charge on any atom is -0.465 e. The van der Waals surface area contributed by atoms with Gasteiger partial charge in [0.2, 0.25) is 0 Å². The van der Waals surface area contributed by atoms with E-state index < -0.39 is 12.1 Å². The van der Waals surface area contributed by atoms with Crippen LogP contribution in [0.2, 0.25) is 0 Å². The molecule has 1 aromatic rings. The van der Waals surface area contributed by atoms with Gasteiger partial charge in [-0.25, -0.2) is 4.79 Å². The summed E-state index contributed by atoms with van der Waals surface area (Å²) in [6.07, 6.45) is 2.38. The SMILES string of the molecule is O=C(O)N1CC(c2ccccn2)=CC1CO. The highest BCUT2D eigenvalue weighted by Crippen LogP contribution is 2.23. The molecule has 0 saturated heterocycles. The van der Waals surface area contributed by atoms with Crippen LogP contribution < -0.4 is 0 Å². The van der Waals surface area contributed by atoms with Gasteiger partial charge in [-0.05, 0) is 17.7 Å². The summed E-state index contributed by atoms with van der Waals surface area (Å²) in [7, 11) is 0. The Bertz CT molecular complexity index is 416. The van der Waals surface area contributed by atoms with Crippen molar-refractivity contribution in [1.29, 1.82) is 0 Å². The number of aliphatic hydroxyl groups excluding tert-OH is 1. The third kappa shape index (κ3) is 1.90. The first-order valence-electron chi connectivity index (χ1n) is 4.95. The lowest BCUT2D eigenvalue weighted by molar-refractivity contribution is 0.125. The van der Waals surface area contributed by atoms with Gasteiger partial charge in [0, 0.05) is 6.20 Å².